The molecule has 0 N–H and O–H groups in total. The van der Waals surface area contributed by atoms with Crippen LogP contribution in [0, 0.1) is 6.92 Å². The minimum Gasteiger partial charge on any atom is -0.465 e. The number of rotatable bonds is 1. The number of aromatic nitrogens is 3. The second-order valence-electron chi connectivity index (χ2n) is 2.81. The predicted octanol–water partition coefficient (Wildman–Crippen LogP) is 0.246. The fraction of sp³-hybridized carbons (Fsp3) is 0.250. The van der Waals surface area contributed by atoms with Gasteiger partial charge < -0.3 is 4.74 Å². The number of nitrogens with zero attached hydrogens (tertiary/aromatic N) is 3. The third-order valence-corrected chi connectivity index (χ3v) is 2.81. The van der Waals surface area contributed by atoms with Gasteiger partial charge in [-0.25, -0.2) is 9.20 Å². The Hall–Kier alpha value is -1.76. The Kier molecular flexibility index (Phi) is 2.24. The summed E-state index contributed by atoms with van der Waals surface area (Å²) in [5.41, 5.74) is -0.327. The topological polar surface area (TPSA) is 73.6 Å². The molecule has 2 aromatic rings. The molecule has 0 aliphatic heterocycles. The number of fused-ring (bicyclic) bond motifs is 1. The predicted molar refractivity (Wildman–Crippen MR) is 53.2 cm³/mol. The minimum absolute atomic E-state index is 0.224. The van der Waals surface area contributed by atoms with Crippen molar-refractivity contribution in [1.82, 2.24) is 14.6 Å². The van der Waals surface area contributed by atoms with E-state index in [1.54, 1.807) is 6.92 Å². The first kappa shape index (κ1) is 9.78. The fourth-order valence-corrected chi connectivity index (χ4v) is 2.09. The van der Waals surface area contributed by atoms with Crippen molar-refractivity contribution in [1.29, 1.82) is 0 Å². The van der Waals surface area contributed by atoms with E-state index in [0.29, 0.717) is 10.8 Å². The van der Waals surface area contributed by atoms with Gasteiger partial charge in [-0.05, 0) is 6.92 Å². The number of carbonyl (C=O) groups is 1. The van der Waals surface area contributed by atoms with E-state index in [1.165, 1.54) is 17.6 Å². The van der Waals surface area contributed by atoms with Crippen molar-refractivity contribution in [2.75, 3.05) is 7.11 Å². The van der Waals surface area contributed by atoms with Crippen molar-refractivity contribution < 1.29 is 9.53 Å². The summed E-state index contributed by atoms with van der Waals surface area (Å²) < 4.78 is 5.87. The molecule has 0 saturated carbocycles. The minimum atomic E-state index is -0.541. The summed E-state index contributed by atoms with van der Waals surface area (Å²) in [6, 6.07) is 1.22. The van der Waals surface area contributed by atoms with Gasteiger partial charge in [-0.1, -0.05) is 11.3 Å². The second-order valence-corrected chi connectivity index (χ2v) is 3.81. The van der Waals surface area contributed by atoms with Gasteiger partial charge in [0.2, 0.25) is 4.96 Å². The lowest BCUT2D eigenvalue weighted by molar-refractivity contribution is 0.0606. The number of methoxy groups -OCH3 is 1. The lowest BCUT2D eigenvalue weighted by atomic mass is 10.5. The number of hydrogen-bond donors (Lipinski definition) is 0. The molecule has 0 atom stereocenters. The molecule has 0 aliphatic rings. The van der Waals surface area contributed by atoms with Crippen LogP contribution in [0.4, 0.5) is 0 Å². The first-order chi connectivity index (χ1) is 7.13. The summed E-state index contributed by atoms with van der Waals surface area (Å²) in [6.07, 6.45) is 0. The maximum absolute atomic E-state index is 11.6. The van der Waals surface area contributed by atoms with Crippen LogP contribution >= 0.6 is 11.3 Å². The third-order valence-electron chi connectivity index (χ3n) is 1.86. The molecule has 0 bridgehead atoms. The Morgan fingerprint density at radius 3 is 2.93 bits per heavy atom. The highest BCUT2D eigenvalue weighted by Gasteiger charge is 2.12. The van der Waals surface area contributed by atoms with Crippen LogP contribution in [-0.2, 0) is 4.74 Å². The first-order valence-electron chi connectivity index (χ1n) is 4.07. The molecule has 0 amide bonds. The molecule has 6 nitrogen and oxygen atoms in total. The SMILES string of the molecule is COC(=O)c1cc(=O)n2c(C)nnc2s1. The molecule has 0 spiro atoms. The molecule has 7 heteroatoms. The lowest BCUT2D eigenvalue weighted by Gasteiger charge is -1.97. The molecule has 0 radical (unpaired) electrons. The summed E-state index contributed by atoms with van der Waals surface area (Å²) in [7, 11) is 1.26. The maximum atomic E-state index is 11.6. The Balaban J connectivity index is 2.74. The molecule has 0 aliphatic carbocycles. The van der Waals surface area contributed by atoms with Crippen molar-refractivity contribution in [3.63, 3.8) is 0 Å². The van der Waals surface area contributed by atoms with E-state index in [4.69, 9.17) is 0 Å². The van der Waals surface area contributed by atoms with Crippen LogP contribution in [0.25, 0.3) is 4.96 Å². The Bertz CT molecular complexity index is 586. The monoisotopic (exact) mass is 225 g/mol. The number of aryl methyl sites for hydroxylation is 1. The zero-order valence-corrected chi connectivity index (χ0v) is 8.87. The molecule has 2 aromatic heterocycles. The van der Waals surface area contributed by atoms with Crippen LogP contribution in [0.1, 0.15) is 15.5 Å². The highest BCUT2D eigenvalue weighted by molar-refractivity contribution is 7.18. The summed E-state index contributed by atoms with van der Waals surface area (Å²) in [5.74, 6) is -0.0390. The van der Waals surface area contributed by atoms with Crippen LogP contribution in [-0.4, -0.2) is 27.7 Å². The molecule has 0 aromatic carbocycles. The number of hydrogen-bond acceptors (Lipinski definition) is 6. The summed E-state index contributed by atoms with van der Waals surface area (Å²) in [4.78, 5) is 23.4. The van der Waals surface area contributed by atoms with E-state index in [9.17, 15) is 9.59 Å². The average molecular weight is 225 g/mol. The van der Waals surface area contributed by atoms with Crippen LogP contribution in [0.2, 0.25) is 0 Å². The molecule has 0 saturated heterocycles. The summed E-state index contributed by atoms with van der Waals surface area (Å²) in [6.45, 7) is 1.67. The molecular formula is C8H7N3O3S. The third kappa shape index (κ3) is 1.50. The Morgan fingerprint density at radius 2 is 2.27 bits per heavy atom. The van der Waals surface area contributed by atoms with Gasteiger partial charge in [-0.15, -0.1) is 10.2 Å². The number of esters is 1. The normalized spacial score (nSPS) is 10.5. The van der Waals surface area contributed by atoms with E-state index < -0.39 is 5.97 Å². The van der Waals surface area contributed by atoms with Gasteiger partial charge in [0.1, 0.15) is 10.7 Å². The molecule has 0 unspecified atom stereocenters. The average Bonchev–Trinajstić information content (AvgIpc) is 2.59. The van der Waals surface area contributed by atoms with Crippen LogP contribution in [0.3, 0.4) is 0 Å². The smallest absolute Gasteiger partial charge is 0.348 e. The molecule has 15 heavy (non-hydrogen) atoms. The number of carbonyl (C=O) groups excluding carboxylic acids is 1. The first-order valence-corrected chi connectivity index (χ1v) is 4.89. The zero-order valence-electron chi connectivity index (χ0n) is 8.05. The molecule has 0 fully saturated rings. The van der Waals surface area contributed by atoms with Crippen molar-refractivity contribution in [3.8, 4) is 0 Å². The van der Waals surface area contributed by atoms with E-state index in [-0.39, 0.29) is 10.4 Å². The highest BCUT2D eigenvalue weighted by Crippen LogP contribution is 2.12. The fourth-order valence-electron chi connectivity index (χ4n) is 1.17. The Morgan fingerprint density at radius 1 is 1.53 bits per heavy atom. The van der Waals surface area contributed by atoms with E-state index in [2.05, 4.69) is 14.9 Å². The van der Waals surface area contributed by atoms with E-state index >= 15 is 0 Å². The van der Waals surface area contributed by atoms with Crippen LogP contribution in [0.5, 0.6) is 0 Å². The zero-order chi connectivity index (χ0) is 11.0. The standard InChI is InChI=1S/C8H7N3O3S/c1-4-9-10-8-11(4)6(12)3-5(15-8)7(13)14-2/h3H,1-2H3. The van der Waals surface area contributed by atoms with Crippen molar-refractivity contribution in [2.24, 2.45) is 0 Å². The largest absolute Gasteiger partial charge is 0.465 e. The van der Waals surface area contributed by atoms with E-state index in [1.807, 2.05) is 0 Å². The lowest BCUT2D eigenvalue weighted by Crippen LogP contribution is -2.14. The van der Waals surface area contributed by atoms with Crippen molar-refractivity contribution >= 4 is 22.3 Å². The van der Waals surface area contributed by atoms with Gasteiger partial charge in [0.25, 0.3) is 5.56 Å². The molecule has 2 rings (SSSR count). The Labute approximate surface area is 88.1 Å². The summed E-state index contributed by atoms with van der Waals surface area (Å²) in [5, 5.41) is 7.53. The van der Waals surface area contributed by atoms with Gasteiger partial charge >= 0.3 is 5.97 Å². The summed E-state index contributed by atoms with van der Waals surface area (Å²) >= 11 is 1.07. The van der Waals surface area contributed by atoms with Crippen LogP contribution < -0.4 is 5.56 Å². The van der Waals surface area contributed by atoms with Gasteiger partial charge in [0.05, 0.1) is 7.11 Å². The molecule has 78 valence electrons. The van der Waals surface area contributed by atoms with Gasteiger partial charge in [0, 0.05) is 6.07 Å². The molecular weight excluding hydrogens is 218 g/mol. The van der Waals surface area contributed by atoms with E-state index in [0.717, 1.165) is 11.3 Å². The maximum Gasteiger partial charge on any atom is 0.348 e. The van der Waals surface area contributed by atoms with Crippen LogP contribution in [0.15, 0.2) is 10.9 Å². The second kappa shape index (κ2) is 3.43. The van der Waals surface area contributed by atoms with Gasteiger partial charge in [-0.2, -0.15) is 0 Å². The van der Waals surface area contributed by atoms with Gasteiger partial charge in [-0.3, -0.25) is 4.79 Å². The molecule has 2 heterocycles. The van der Waals surface area contributed by atoms with Crippen molar-refractivity contribution in [2.45, 2.75) is 6.92 Å². The van der Waals surface area contributed by atoms with Gasteiger partial charge in [0.15, 0.2) is 0 Å². The van der Waals surface area contributed by atoms with Crippen molar-refractivity contribution in [3.05, 3.63) is 27.1 Å². The highest BCUT2D eigenvalue weighted by atomic mass is 32.1. The quantitative estimate of drug-likeness (QED) is 0.650. The number of ether oxygens (including phenoxy) is 1.